The van der Waals surface area contributed by atoms with Gasteiger partial charge in [-0.2, -0.15) is 18.3 Å². The summed E-state index contributed by atoms with van der Waals surface area (Å²) in [6.07, 6.45) is -3.61. The maximum atomic E-state index is 13.8. The van der Waals surface area contributed by atoms with Crippen LogP contribution in [0, 0.1) is 13.8 Å². The first-order chi connectivity index (χ1) is 13.7. The highest BCUT2D eigenvalue weighted by atomic mass is 32.1. The smallest absolute Gasteiger partial charge is 0.434 e. The average molecular weight is 423 g/mol. The van der Waals surface area contributed by atoms with Gasteiger partial charge < -0.3 is 9.84 Å². The number of halogens is 3. The van der Waals surface area contributed by atoms with E-state index < -0.39 is 11.9 Å². The molecule has 3 heterocycles. The minimum atomic E-state index is -4.68. The van der Waals surface area contributed by atoms with Gasteiger partial charge in [0, 0.05) is 10.4 Å². The maximum Gasteiger partial charge on any atom is 0.434 e. The van der Waals surface area contributed by atoms with Crippen molar-refractivity contribution in [3.8, 4) is 16.4 Å². The number of ether oxygens (including phenoxy) is 1. The van der Waals surface area contributed by atoms with Crippen molar-refractivity contribution in [3.05, 3.63) is 58.2 Å². The van der Waals surface area contributed by atoms with E-state index in [0.717, 1.165) is 31.8 Å². The molecule has 154 valence electrons. The SMILES string of the molecule is C=C(OCC)c1cnn(-c2cccc(-c3sc(C)c(C)c3CO)n2)c1C(F)(F)F. The third kappa shape index (κ3) is 3.92. The Balaban J connectivity index is 2.15. The van der Waals surface area contributed by atoms with E-state index in [2.05, 4.69) is 16.7 Å². The predicted octanol–water partition coefficient (Wildman–Crippen LogP) is 5.13. The van der Waals surface area contributed by atoms with Gasteiger partial charge in [0.05, 0.1) is 35.5 Å². The van der Waals surface area contributed by atoms with Crippen LogP contribution in [-0.2, 0) is 17.5 Å². The number of hydrogen-bond acceptors (Lipinski definition) is 5. The molecule has 0 amide bonds. The maximum absolute atomic E-state index is 13.8. The second-order valence-corrected chi connectivity index (χ2v) is 7.53. The molecule has 0 saturated heterocycles. The highest BCUT2D eigenvalue weighted by Crippen LogP contribution is 2.38. The fourth-order valence-electron chi connectivity index (χ4n) is 2.99. The second-order valence-electron chi connectivity index (χ2n) is 6.30. The van der Waals surface area contributed by atoms with Crippen LogP contribution in [-0.4, -0.2) is 26.5 Å². The van der Waals surface area contributed by atoms with Gasteiger partial charge in [-0.3, -0.25) is 0 Å². The third-order valence-electron chi connectivity index (χ3n) is 4.51. The Labute approximate surface area is 170 Å². The normalized spacial score (nSPS) is 11.7. The topological polar surface area (TPSA) is 60.2 Å². The number of pyridine rings is 1. The Hall–Kier alpha value is -2.65. The molecule has 0 aromatic carbocycles. The second kappa shape index (κ2) is 8.00. The number of aromatic nitrogens is 3. The summed E-state index contributed by atoms with van der Waals surface area (Å²) in [5.74, 6) is -0.0905. The third-order valence-corrected chi connectivity index (χ3v) is 5.78. The minimum absolute atomic E-state index is 0.0120. The zero-order valence-corrected chi connectivity index (χ0v) is 17.0. The van der Waals surface area contributed by atoms with Crippen LogP contribution < -0.4 is 0 Å². The van der Waals surface area contributed by atoms with Crippen LogP contribution >= 0.6 is 11.3 Å². The minimum Gasteiger partial charge on any atom is -0.494 e. The molecule has 0 fully saturated rings. The molecule has 5 nitrogen and oxygen atoms in total. The first kappa shape index (κ1) is 21.1. The molecule has 0 aliphatic carbocycles. The highest BCUT2D eigenvalue weighted by Gasteiger charge is 2.40. The van der Waals surface area contributed by atoms with Gasteiger partial charge in [0.1, 0.15) is 5.76 Å². The van der Waals surface area contributed by atoms with Gasteiger partial charge in [0.2, 0.25) is 0 Å². The molecule has 3 aromatic rings. The molecule has 0 aliphatic rings. The first-order valence-corrected chi connectivity index (χ1v) is 9.65. The number of aliphatic hydroxyl groups excluding tert-OH is 1. The Morgan fingerprint density at radius 1 is 1.31 bits per heavy atom. The number of rotatable bonds is 6. The fraction of sp³-hybridized carbons (Fsp3) is 0.300. The molecule has 0 radical (unpaired) electrons. The number of aryl methyl sites for hydroxylation is 1. The molecule has 9 heteroatoms. The van der Waals surface area contributed by atoms with E-state index in [9.17, 15) is 18.3 Å². The van der Waals surface area contributed by atoms with Crippen LogP contribution in [0.25, 0.3) is 22.1 Å². The standard InChI is InChI=1S/C20H20F3N3O2S/c1-5-28-12(3)14-9-24-26(19(14)20(21,22)23)17-8-6-7-16(25-17)18-15(10-27)11(2)13(4)29-18/h6-9,27H,3,5,10H2,1-2,4H3. The number of hydrogen-bond donors (Lipinski definition) is 1. The van der Waals surface area contributed by atoms with Gasteiger partial charge >= 0.3 is 6.18 Å². The van der Waals surface area contributed by atoms with Gasteiger partial charge in [-0.1, -0.05) is 12.6 Å². The van der Waals surface area contributed by atoms with E-state index in [1.165, 1.54) is 17.4 Å². The largest absolute Gasteiger partial charge is 0.494 e. The van der Waals surface area contributed by atoms with Gasteiger partial charge in [0.25, 0.3) is 0 Å². The number of nitrogens with zero attached hydrogens (tertiary/aromatic N) is 3. The molecule has 0 atom stereocenters. The van der Waals surface area contributed by atoms with Crippen molar-refractivity contribution >= 4 is 17.1 Å². The molecular weight excluding hydrogens is 403 g/mol. The lowest BCUT2D eigenvalue weighted by Crippen LogP contribution is -2.16. The molecule has 3 rings (SSSR count). The molecule has 0 aliphatic heterocycles. The van der Waals surface area contributed by atoms with E-state index in [1.54, 1.807) is 19.1 Å². The van der Waals surface area contributed by atoms with Gasteiger partial charge in [-0.05, 0) is 38.5 Å². The van der Waals surface area contributed by atoms with Gasteiger partial charge in [-0.15, -0.1) is 11.3 Å². The number of aliphatic hydroxyl groups is 1. The van der Waals surface area contributed by atoms with Crippen molar-refractivity contribution in [1.82, 2.24) is 14.8 Å². The molecule has 0 spiro atoms. The zero-order valence-electron chi connectivity index (χ0n) is 16.2. The Bertz CT molecular complexity index is 1050. The summed E-state index contributed by atoms with van der Waals surface area (Å²) in [5.41, 5.74) is 0.914. The van der Waals surface area contributed by atoms with E-state index in [4.69, 9.17) is 4.74 Å². The Morgan fingerprint density at radius 3 is 2.66 bits per heavy atom. The summed E-state index contributed by atoms with van der Waals surface area (Å²) in [6, 6.07) is 4.76. The van der Waals surface area contributed by atoms with Crippen molar-refractivity contribution in [2.45, 2.75) is 33.6 Å². The van der Waals surface area contributed by atoms with Crippen molar-refractivity contribution in [3.63, 3.8) is 0 Å². The lowest BCUT2D eigenvalue weighted by molar-refractivity contribution is -0.143. The summed E-state index contributed by atoms with van der Waals surface area (Å²) >= 11 is 1.44. The van der Waals surface area contributed by atoms with Crippen LogP contribution in [0.3, 0.4) is 0 Å². The molecule has 29 heavy (non-hydrogen) atoms. The van der Waals surface area contributed by atoms with Crippen LogP contribution in [0.4, 0.5) is 13.2 Å². The molecular formula is C20H20F3N3O2S. The van der Waals surface area contributed by atoms with Crippen LogP contribution in [0.2, 0.25) is 0 Å². The average Bonchev–Trinajstić information content (AvgIpc) is 3.24. The summed E-state index contributed by atoms with van der Waals surface area (Å²) < 4.78 is 47.3. The Kier molecular flexibility index (Phi) is 5.81. The van der Waals surface area contributed by atoms with Crippen molar-refractivity contribution < 1.29 is 23.0 Å². The fourth-order valence-corrected chi connectivity index (χ4v) is 4.13. The molecule has 0 saturated carbocycles. The zero-order chi connectivity index (χ0) is 21.3. The summed E-state index contributed by atoms with van der Waals surface area (Å²) in [5, 5.41) is 13.6. The first-order valence-electron chi connectivity index (χ1n) is 8.83. The van der Waals surface area contributed by atoms with E-state index in [0.29, 0.717) is 5.69 Å². The summed E-state index contributed by atoms with van der Waals surface area (Å²) in [7, 11) is 0. The van der Waals surface area contributed by atoms with Gasteiger partial charge in [0.15, 0.2) is 11.5 Å². The van der Waals surface area contributed by atoms with E-state index >= 15 is 0 Å². The lowest BCUT2D eigenvalue weighted by Gasteiger charge is -2.14. The predicted molar refractivity (Wildman–Crippen MR) is 106 cm³/mol. The van der Waals surface area contributed by atoms with Gasteiger partial charge in [-0.25, -0.2) is 9.67 Å². The number of thiophene rings is 1. The Morgan fingerprint density at radius 2 is 2.03 bits per heavy atom. The van der Waals surface area contributed by atoms with Crippen LogP contribution in [0.15, 0.2) is 31.0 Å². The lowest BCUT2D eigenvalue weighted by atomic mass is 10.1. The molecule has 0 unspecified atom stereocenters. The van der Waals surface area contributed by atoms with E-state index in [1.807, 2.05) is 13.8 Å². The highest BCUT2D eigenvalue weighted by molar-refractivity contribution is 7.15. The quantitative estimate of drug-likeness (QED) is 0.559. The van der Waals surface area contributed by atoms with Crippen molar-refractivity contribution in [2.24, 2.45) is 0 Å². The van der Waals surface area contributed by atoms with Crippen LogP contribution in [0.5, 0.6) is 0 Å². The summed E-state index contributed by atoms with van der Waals surface area (Å²) in [4.78, 5) is 6.14. The monoisotopic (exact) mass is 423 g/mol. The van der Waals surface area contributed by atoms with Crippen molar-refractivity contribution in [1.29, 1.82) is 0 Å². The molecule has 3 aromatic heterocycles. The number of alkyl halides is 3. The van der Waals surface area contributed by atoms with E-state index in [-0.39, 0.29) is 30.4 Å². The summed E-state index contributed by atoms with van der Waals surface area (Å²) in [6.45, 7) is 9.07. The van der Waals surface area contributed by atoms with Crippen molar-refractivity contribution in [2.75, 3.05) is 6.61 Å². The molecule has 0 bridgehead atoms. The molecule has 1 N–H and O–H groups in total. The van der Waals surface area contributed by atoms with Crippen LogP contribution in [0.1, 0.15) is 34.2 Å².